The summed E-state index contributed by atoms with van der Waals surface area (Å²) in [4.78, 5) is 0. The maximum absolute atomic E-state index is 12.9. The van der Waals surface area contributed by atoms with E-state index in [0.29, 0.717) is 5.56 Å². The molecule has 5 heteroatoms. The largest absolute Gasteiger partial charge is 0.394 e. The van der Waals surface area contributed by atoms with Crippen molar-refractivity contribution in [2.45, 2.75) is 18.9 Å². The van der Waals surface area contributed by atoms with Gasteiger partial charge in [0, 0.05) is 17.5 Å². The van der Waals surface area contributed by atoms with Gasteiger partial charge in [-0.1, -0.05) is 23.7 Å². The van der Waals surface area contributed by atoms with Gasteiger partial charge in [-0.2, -0.15) is 0 Å². The van der Waals surface area contributed by atoms with Crippen LogP contribution < -0.4 is 5.73 Å². The van der Waals surface area contributed by atoms with E-state index < -0.39 is 12.0 Å². The first-order valence-electron chi connectivity index (χ1n) is 4.40. The second-order valence-electron chi connectivity index (χ2n) is 3.41. The van der Waals surface area contributed by atoms with E-state index in [-0.39, 0.29) is 17.2 Å². The van der Waals surface area contributed by atoms with Crippen molar-refractivity contribution >= 4 is 11.6 Å². The van der Waals surface area contributed by atoms with E-state index in [1.54, 1.807) is 0 Å². The Balaban J connectivity index is 3.09. The first-order chi connectivity index (χ1) is 6.86. The van der Waals surface area contributed by atoms with Crippen molar-refractivity contribution in [3.63, 3.8) is 0 Å². The van der Waals surface area contributed by atoms with Gasteiger partial charge in [0.1, 0.15) is 0 Å². The van der Waals surface area contributed by atoms with Crippen LogP contribution in [0.25, 0.3) is 0 Å². The molecule has 1 aromatic rings. The molecule has 0 aliphatic rings. The van der Waals surface area contributed by atoms with Crippen LogP contribution in [0.1, 0.15) is 24.1 Å². The zero-order valence-electron chi connectivity index (χ0n) is 8.17. The number of hydrogen-bond donors (Lipinski definition) is 2. The number of rotatable bonds is 3. The third kappa shape index (κ3) is 2.87. The quantitative estimate of drug-likeness (QED) is 0.845. The van der Waals surface area contributed by atoms with Crippen LogP contribution in [0.4, 0.5) is 8.78 Å². The molecule has 0 radical (unpaired) electrons. The van der Waals surface area contributed by atoms with E-state index in [0.717, 1.165) is 6.92 Å². The van der Waals surface area contributed by atoms with Crippen LogP contribution in [0, 0.1) is 0 Å². The summed E-state index contributed by atoms with van der Waals surface area (Å²) in [6, 6.07) is 3.20. The molecule has 0 bridgehead atoms. The Morgan fingerprint density at radius 3 is 2.53 bits per heavy atom. The average molecular weight is 236 g/mol. The van der Waals surface area contributed by atoms with Crippen molar-refractivity contribution in [2.75, 3.05) is 6.61 Å². The van der Waals surface area contributed by atoms with Crippen LogP contribution in [-0.2, 0) is 5.92 Å². The summed E-state index contributed by atoms with van der Waals surface area (Å²) in [6.45, 7) is 0.520. The number of hydrogen-bond acceptors (Lipinski definition) is 2. The molecule has 3 N–H and O–H groups in total. The van der Waals surface area contributed by atoms with Gasteiger partial charge in [-0.15, -0.1) is 0 Å². The van der Waals surface area contributed by atoms with Crippen molar-refractivity contribution in [3.05, 3.63) is 34.3 Å². The standard InChI is InChI=1S/C10H12ClF2NO/c1-10(12,13)6-2-3-7(8(11)4-6)9(14)5-15/h2-4,9,15H,5,14H2,1H3. The number of halogens is 3. The molecule has 0 saturated heterocycles. The summed E-state index contributed by atoms with van der Waals surface area (Å²) in [5.41, 5.74) is 5.83. The van der Waals surface area contributed by atoms with E-state index in [2.05, 4.69) is 0 Å². The minimum atomic E-state index is -2.93. The van der Waals surface area contributed by atoms with Crippen LogP contribution in [0.3, 0.4) is 0 Å². The molecular formula is C10H12ClF2NO. The summed E-state index contributed by atoms with van der Waals surface area (Å²) in [7, 11) is 0. The molecule has 0 spiro atoms. The van der Waals surface area contributed by atoms with E-state index in [1.165, 1.54) is 18.2 Å². The van der Waals surface area contributed by atoms with E-state index >= 15 is 0 Å². The van der Waals surface area contributed by atoms with E-state index in [9.17, 15) is 8.78 Å². The van der Waals surface area contributed by atoms with Gasteiger partial charge in [0.25, 0.3) is 5.92 Å². The first-order valence-corrected chi connectivity index (χ1v) is 4.78. The Kier molecular flexibility index (Phi) is 3.65. The second kappa shape index (κ2) is 4.43. The first kappa shape index (κ1) is 12.4. The van der Waals surface area contributed by atoms with E-state index in [4.69, 9.17) is 22.4 Å². The normalized spacial score (nSPS) is 14.0. The van der Waals surface area contributed by atoms with Crippen molar-refractivity contribution in [1.82, 2.24) is 0 Å². The highest BCUT2D eigenvalue weighted by molar-refractivity contribution is 6.31. The Morgan fingerprint density at radius 1 is 1.53 bits per heavy atom. The van der Waals surface area contributed by atoms with Crippen LogP contribution in [0.2, 0.25) is 5.02 Å². The molecule has 15 heavy (non-hydrogen) atoms. The van der Waals surface area contributed by atoms with Gasteiger partial charge in [0.05, 0.1) is 12.6 Å². The fourth-order valence-electron chi connectivity index (χ4n) is 1.20. The van der Waals surface area contributed by atoms with Gasteiger partial charge < -0.3 is 10.8 Å². The topological polar surface area (TPSA) is 46.2 Å². The molecular weight excluding hydrogens is 224 g/mol. The Bertz CT molecular complexity index is 352. The molecule has 1 aromatic carbocycles. The van der Waals surface area contributed by atoms with Gasteiger partial charge in [-0.05, 0) is 11.6 Å². The van der Waals surface area contributed by atoms with Crippen LogP contribution in [0.15, 0.2) is 18.2 Å². The fraction of sp³-hybridized carbons (Fsp3) is 0.400. The highest BCUT2D eigenvalue weighted by Crippen LogP contribution is 2.31. The van der Waals surface area contributed by atoms with Gasteiger partial charge in [0.15, 0.2) is 0 Å². The molecule has 1 unspecified atom stereocenters. The molecule has 0 aliphatic carbocycles. The van der Waals surface area contributed by atoms with Gasteiger partial charge >= 0.3 is 0 Å². The van der Waals surface area contributed by atoms with Gasteiger partial charge in [-0.3, -0.25) is 0 Å². The highest BCUT2D eigenvalue weighted by Gasteiger charge is 2.25. The van der Waals surface area contributed by atoms with Gasteiger partial charge in [0.2, 0.25) is 0 Å². The molecule has 84 valence electrons. The van der Waals surface area contributed by atoms with Crippen LogP contribution in [-0.4, -0.2) is 11.7 Å². The van der Waals surface area contributed by atoms with Crippen molar-refractivity contribution < 1.29 is 13.9 Å². The van der Waals surface area contributed by atoms with Crippen molar-refractivity contribution in [1.29, 1.82) is 0 Å². The minimum absolute atomic E-state index is 0.149. The number of aliphatic hydroxyl groups excluding tert-OH is 1. The molecule has 0 aromatic heterocycles. The molecule has 2 nitrogen and oxygen atoms in total. The Morgan fingerprint density at radius 2 is 2.13 bits per heavy atom. The molecule has 0 heterocycles. The predicted octanol–water partition coefficient (Wildman–Crippen LogP) is 2.44. The smallest absolute Gasteiger partial charge is 0.270 e. The molecule has 0 aliphatic heterocycles. The molecule has 1 rings (SSSR count). The summed E-state index contributed by atoms with van der Waals surface area (Å²) in [5, 5.41) is 8.96. The second-order valence-corrected chi connectivity index (χ2v) is 3.82. The summed E-state index contributed by atoms with van der Waals surface area (Å²) >= 11 is 5.78. The third-order valence-electron chi connectivity index (χ3n) is 2.10. The monoisotopic (exact) mass is 235 g/mol. The lowest BCUT2D eigenvalue weighted by atomic mass is 10.0. The number of aliphatic hydroxyl groups is 1. The summed E-state index contributed by atoms with van der Waals surface area (Å²) in [6.07, 6.45) is 0. The molecule has 1 atom stereocenters. The zero-order chi connectivity index (χ0) is 11.6. The average Bonchev–Trinajstić information content (AvgIpc) is 2.15. The maximum atomic E-state index is 12.9. The van der Waals surface area contributed by atoms with Crippen LogP contribution >= 0.6 is 11.6 Å². The zero-order valence-corrected chi connectivity index (χ0v) is 8.93. The van der Waals surface area contributed by atoms with Gasteiger partial charge in [-0.25, -0.2) is 8.78 Å². The lowest BCUT2D eigenvalue weighted by Gasteiger charge is -2.15. The van der Waals surface area contributed by atoms with E-state index in [1.807, 2.05) is 0 Å². The lowest BCUT2D eigenvalue weighted by Crippen LogP contribution is -2.16. The minimum Gasteiger partial charge on any atom is -0.394 e. The number of benzene rings is 1. The SMILES string of the molecule is CC(F)(F)c1ccc(C(N)CO)c(Cl)c1. The van der Waals surface area contributed by atoms with Crippen LogP contribution in [0.5, 0.6) is 0 Å². The third-order valence-corrected chi connectivity index (χ3v) is 2.43. The predicted molar refractivity (Wildman–Crippen MR) is 55.0 cm³/mol. The summed E-state index contributed by atoms with van der Waals surface area (Å²) in [5.74, 6) is -2.93. The molecule has 0 fully saturated rings. The highest BCUT2D eigenvalue weighted by atomic mass is 35.5. The Labute approximate surface area is 91.7 Å². The fourth-order valence-corrected chi connectivity index (χ4v) is 1.52. The molecule has 0 amide bonds. The lowest BCUT2D eigenvalue weighted by molar-refractivity contribution is 0.0174. The summed E-state index contributed by atoms with van der Waals surface area (Å²) < 4.78 is 25.8. The Hall–Kier alpha value is -0.710. The number of nitrogens with two attached hydrogens (primary N) is 1. The molecule has 0 saturated carbocycles. The maximum Gasteiger partial charge on any atom is 0.270 e. The van der Waals surface area contributed by atoms with Crippen molar-refractivity contribution in [2.24, 2.45) is 5.73 Å². The van der Waals surface area contributed by atoms with Crippen molar-refractivity contribution in [3.8, 4) is 0 Å². The number of alkyl halides is 2.